The van der Waals surface area contributed by atoms with Crippen LogP contribution in [0.15, 0.2) is 0 Å². The molecule has 0 heterocycles. The maximum atomic E-state index is 13.0. The Morgan fingerprint density at radius 2 is 0.738 bits per heavy atom. The third-order valence-electron chi connectivity index (χ3n) is 13.3. The van der Waals surface area contributed by atoms with E-state index in [2.05, 4.69) is 69.2 Å². The molecule has 0 bridgehead atoms. The lowest BCUT2D eigenvalue weighted by molar-refractivity contribution is -0.220. The average Bonchev–Trinajstić information content (AvgIpc) is 3.18. The fourth-order valence-corrected chi connectivity index (χ4v) is 9.61. The van der Waals surface area contributed by atoms with E-state index in [0.717, 1.165) is 55.3 Å². The molecule has 1 saturated carbocycles. The summed E-state index contributed by atoms with van der Waals surface area (Å²) in [7, 11) is -4.92. The molecule has 0 spiro atoms. The molecule has 14 atom stereocenters. The second-order valence-corrected chi connectivity index (χ2v) is 22.3. The summed E-state index contributed by atoms with van der Waals surface area (Å²) in [4.78, 5) is 10.5. The van der Waals surface area contributed by atoms with E-state index in [1.165, 1.54) is 103 Å². The van der Waals surface area contributed by atoms with Gasteiger partial charge in [0.1, 0.15) is 42.7 Å². The molecule has 0 amide bonds. The molecule has 1 fully saturated rings. The standard InChI is InChI=1S/C49H99O11P/c1-35(2)17-11-19-37(5)21-13-23-39(7)25-15-27-41(9)29-31-57-33-43(34-59-61(55,56)60-49-47(53)45(51)44(50)46(52)48(49)54)58-32-30-42(10)28-16-26-40(8)24-14-22-38(6)20-12-18-36(3)4/h35-54H,11-34H2,1-10H3,(H,55,56)/t37-,38-,39-,40-,41-,42-,43+,44?,45-,46+,47-,48-,49?/m1/s1. The molecule has 11 nitrogen and oxygen atoms in total. The van der Waals surface area contributed by atoms with E-state index >= 15 is 0 Å². The largest absolute Gasteiger partial charge is 0.472 e. The van der Waals surface area contributed by atoms with E-state index in [4.69, 9.17) is 18.5 Å². The van der Waals surface area contributed by atoms with Gasteiger partial charge in [-0.2, -0.15) is 0 Å². The molecule has 366 valence electrons. The van der Waals surface area contributed by atoms with Gasteiger partial charge in [0.05, 0.1) is 13.2 Å². The number of phosphoric ester groups is 1. The molecule has 0 saturated heterocycles. The van der Waals surface area contributed by atoms with Crippen LogP contribution in [0.2, 0.25) is 0 Å². The minimum Gasteiger partial charge on any atom is -0.387 e. The van der Waals surface area contributed by atoms with Crippen molar-refractivity contribution in [1.29, 1.82) is 0 Å². The highest BCUT2D eigenvalue weighted by atomic mass is 31.2. The highest BCUT2D eigenvalue weighted by Crippen LogP contribution is 2.47. The molecule has 6 N–H and O–H groups in total. The van der Waals surface area contributed by atoms with Crippen molar-refractivity contribution in [3.05, 3.63) is 0 Å². The summed E-state index contributed by atoms with van der Waals surface area (Å²) in [5.74, 6) is 5.61. The molecule has 12 heteroatoms. The normalized spacial score (nSPS) is 25.6. The minimum absolute atomic E-state index is 0.139. The molecule has 0 aromatic carbocycles. The van der Waals surface area contributed by atoms with Crippen molar-refractivity contribution in [2.75, 3.05) is 26.4 Å². The Labute approximate surface area is 374 Å². The second-order valence-electron chi connectivity index (χ2n) is 20.9. The first-order chi connectivity index (χ1) is 28.7. The van der Waals surface area contributed by atoms with Crippen molar-refractivity contribution in [1.82, 2.24) is 0 Å². The predicted octanol–water partition coefficient (Wildman–Crippen LogP) is 10.6. The number of phosphoric acid groups is 1. The van der Waals surface area contributed by atoms with Gasteiger partial charge in [0.15, 0.2) is 0 Å². The predicted molar refractivity (Wildman–Crippen MR) is 248 cm³/mol. The monoisotopic (exact) mass is 895 g/mol. The maximum Gasteiger partial charge on any atom is 0.472 e. The summed E-state index contributed by atoms with van der Waals surface area (Å²) in [6.07, 6.45) is 12.6. The van der Waals surface area contributed by atoms with E-state index in [0.29, 0.717) is 31.0 Å². The van der Waals surface area contributed by atoms with Crippen LogP contribution in [-0.2, 0) is 23.1 Å². The van der Waals surface area contributed by atoms with Crippen LogP contribution in [0.5, 0.6) is 0 Å². The SMILES string of the molecule is CC(C)CCC[C@@H](C)CCC[C@@H](C)CCC[C@@H](C)CCOC[C@@H](COP(=O)(O)OC1[C@H](O)[C@H](O)C(O)[C@H](O)[C@H]1O)OCC[C@H](C)CCC[C@H](C)CCC[C@H](C)CCCC(C)C. The number of ether oxygens (including phenoxy) is 2. The third-order valence-corrected chi connectivity index (χ3v) is 14.3. The first kappa shape index (κ1) is 58.8. The number of rotatable bonds is 38. The zero-order valence-electron chi connectivity index (χ0n) is 40.8. The number of aliphatic hydroxyl groups excluding tert-OH is 5. The molecule has 0 aromatic heterocycles. The number of hydrogen-bond donors (Lipinski definition) is 6. The van der Waals surface area contributed by atoms with E-state index in [-0.39, 0.29) is 13.2 Å². The summed E-state index contributed by atoms with van der Waals surface area (Å²) in [6, 6.07) is 0. The van der Waals surface area contributed by atoms with Crippen LogP contribution in [0.3, 0.4) is 0 Å². The summed E-state index contributed by atoms with van der Waals surface area (Å²) in [5, 5.41) is 50.6. The van der Waals surface area contributed by atoms with Crippen LogP contribution >= 0.6 is 7.82 Å². The van der Waals surface area contributed by atoms with Gasteiger partial charge < -0.3 is 39.9 Å². The van der Waals surface area contributed by atoms with Crippen LogP contribution in [0.4, 0.5) is 0 Å². The van der Waals surface area contributed by atoms with Gasteiger partial charge in [-0.15, -0.1) is 0 Å². The fourth-order valence-electron chi connectivity index (χ4n) is 8.64. The summed E-state index contributed by atoms with van der Waals surface area (Å²) < 4.78 is 35.5. The van der Waals surface area contributed by atoms with E-state index < -0.39 is 50.6 Å². The zero-order chi connectivity index (χ0) is 46.0. The summed E-state index contributed by atoms with van der Waals surface area (Å²) in [5.41, 5.74) is 0. The Kier molecular flexibility index (Phi) is 32.1. The molecule has 1 aliphatic carbocycles. The van der Waals surface area contributed by atoms with E-state index in [9.17, 15) is 35.0 Å². The van der Waals surface area contributed by atoms with Gasteiger partial charge >= 0.3 is 7.82 Å². The topological polar surface area (TPSA) is 175 Å². The molecule has 3 unspecified atom stereocenters. The lowest BCUT2D eigenvalue weighted by Gasteiger charge is -2.41. The van der Waals surface area contributed by atoms with Crippen molar-refractivity contribution >= 4 is 7.82 Å². The third kappa shape index (κ3) is 28.5. The van der Waals surface area contributed by atoms with Gasteiger partial charge in [-0.1, -0.05) is 185 Å². The van der Waals surface area contributed by atoms with Gasteiger partial charge in [-0.05, 0) is 60.2 Å². The van der Waals surface area contributed by atoms with E-state index in [1.807, 2.05) is 0 Å². The first-order valence-corrected chi connectivity index (χ1v) is 26.5. The Balaban J connectivity index is 2.55. The molecule has 1 rings (SSSR count). The summed E-state index contributed by atoms with van der Waals surface area (Å²) in [6.45, 7) is 24.0. The number of hydrogen-bond acceptors (Lipinski definition) is 10. The molecule has 61 heavy (non-hydrogen) atoms. The highest BCUT2D eigenvalue weighted by molar-refractivity contribution is 7.47. The molecule has 0 aliphatic heterocycles. The maximum absolute atomic E-state index is 13.0. The van der Waals surface area contributed by atoms with Crippen molar-refractivity contribution in [2.45, 2.75) is 240 Å². The van der Waals surface area contributed by atoms with Crippen molar-refractivity contribution in [3.8, 4) is 0 Å². The summed E-state index contributed by atoms with van der Waals surface area (Å²) >= 11 is 0. The van der Waals surface area contributed by atoms with Gasteiger partial charge in [0.2, 0.25) is 0 Å². The van der Waals surface area contributed by atoms with Crippen LogP contribution in [0, 0.1) is 47.3 Å². The van der Waals surface area contributed by atoms with Crippen molar-refractivity contribution < 1.29 is 53.5 Å². The highest BCUT2D eigenvalue weighted by Gasteiger charge is 2.51. The van der Waals surface area contributed by atoms with Crippen LogP contribution in [0.1, 0.15) is 198 Å². The molecule has 0 aromatic rings. The van der Waals surface area contributed by atoms with E-state index in [1.54, 1.807) is 0 Å². The minimum atomic E-state index is -4.92. The Bertz CT molecular complexity index is 1080. The van der Waals surface area contributed by atoms with Crippen LogP contribution in [0.25, 0.3) is 0 Å². The van der Waals surface area contributed by atoms with Gasteiger partial charge in [0, 0.05) is 13.2 Å². The average molecular weight is 895 g/mol. The smallest absolute Gasteiger partial charge is 0.387 e. The quantitative estimate of drug-likeness (QED) is 0.0257. The lowest BCUT2D eigenvalue weighted by atomic mass is 9.85. The van der Waals surface area contributed by atoms with Crippen LogP contribution < -0.4 is 0 Å². The second kappa shape index (κ2) is 33.3. The Hall–Kier alpha value is -0.170. The van der Waals surface area contributed by atoms with Gasteiger partial charge in [0.25, 0.3) is 0 Å². The molecule has 0 radical (unpaired) electrons. The Morgan fingerprint density at radius 3 is 1.10 bits per heavy atom. The lowest BCUT2D eigenvalue weighted by Crippen LogP contribution is -2.64. The fraction of sp³-hybridized carbons (Fsp3) is 1.00. The van der Waals surface area contributed by atoms with Gasteiger partial charge in [-0.3, -0.25) is 9.05 Å². The molecular weight excluding hydrogens is 796 g/mol. The molecular formula is C49H99O11P. The van der Waals surface area contributed by atoms with Crippen molar-refractivity contribution in [2.24, 2.45) is 47.3 Å². The number of aliphatic hydroxyl groups is 5. The zero-order valence-corrected chi connectivity index (χ0v) is 41.7. The van der Waals surface area contributed by atoms with Crippen LogP contribution in [-0.4, -0.2) is 99.6 Å². The Morgan fingerprint density at radius 1 is 0.426 bits per heavy atom. The van der Waals surface area contributed by atoms with Crippen molar-refractivity contribution in [3.63, 3.8) is 0 Å². The molecule has 1 aliphatic rings. The van der Waals surface area contributed by atoms with Gasteiger partial charge in [-0.25, -0.2) is 4.57 Å². The first-order valence-electron chi connectivity index (χ1n) is 25.0.